The number of aromatic nitrogens is 3. The zero-order chi connectivity index (χ0) is 23.5. The maximum absolute atomic E-state index is 12.4. The molecule has 8 heteroatoms. The Morgan fingerprint density at radius 2 is 1.82 bits per heavy atom. The van der Waals surface area contributed by atoms with Gasteiger partial charge >= 0.3 is 0 Å². The highest BCUT2D eigenvalue weighted by Gasteiger charge is 2.14. The summed E-state index contributed by atoms with van der Waals surface area (Å²) in [4.78, 5) is 12.4. The molecule has 174 valence electrons. The van der Waals surface area contributed by atoms with Gasteiger partial charge in [-0.15, -0.1) is 16.8 Å². The van der Waals surface area contributed by atoms with E-state index in [1.54, 1.807) is 14.2 Å². The Hall–Kier alpha value is -3.26. The molecule has 1 amide bonds. The SMILES string of the molecule is C=CCn1c(CCc2ccccc2)nnc1SCC(=O)NCCc1ccc(OC)c(OC)c1. The molecule has 0 aliphatic rings. The molecule has 0 aliphatic heterocycles. The summed E-state index contributed by atoms with van der Waals surface area (Å²) in [5.74, 6) is 2.50. The van der Waals surface area contributed by atoms with Crippen LogP contribution in [0.5, 0.6) is 11.5 Å². The molecule has 1 N–H and O–H groups in total. The number of amides is 1. The maximum atomic E-state index is 12.4. The van der Waals surface area contributed by atoms with Crippen LogP contribution in [0.4, 0.5) is 0 Å². The van der Waals surface area contributed by atoms with Crippen molar-refractivity contribution in [2.75, 3.05) is 26.5 Å². The van der Waals surface area contributed by atoms with Crippen LogP contribution in [0.1, 0.15) is 17.0 Å². The third kappa shape index (κ3) is 7.12. The minimum atomic E-state index is -0.0422. The summed E-state index contributed by atoms with van der Waals surface area (Å²) in [6.45, 7) is 4.99. The van der Waals surface area contributed by atoms with Crippen LogP contribution in [-0.4, -0.2) is 47.2 Å². The predicted octanol–water partition coefficient (Wildman–Crippen LogP) is 3.72. The Balaban J connectivity index is 1.49. The average molecular weight is 467 g/mol. The second-order valence-electron chi connectivity index (χ2n) is 7.36. The minimum absolute atomic E-state index is 0.0422. The molecule has 0 saturated carbocycles. The Morgan fingerprint density at radius 1 is 1.03 bits per heavy atom. The van der Waals surface area contributed by atoms with E-state index in [0.29, 0.717) is 31.0 Å². The van der Waals surface area contributed by atoms with Crippen LogP contribution < -0.4 is 14.8 Å². The number of nitrogens with one attached hydrogen (secondary N) is 1. The maximum Gasteiger partial charge on any atom is 0.230 e. The smallest absolute Gasteiger partial charge is 0.230 e. The van der Waals surface area contributed by atoms with Crippen molar-refractivity contribution in [2.24, 2.45) is 0 Å². The summed E-state index contributed by atoms with van der Waals surface area (Å²) in [5.41, 5.74) is 2.32. The van der Waals surface area contributed by atoms with Crippen LogP contribution in [0.15, 0.2) is 66.3 Å². The van der Waals surface area contributed by atoms with Crippen LogP contribution in [0.2, 0.25) is 0 Å². The number of carbonyl (C=O) groups excluding carboxylic acids is 1. The highest BCUT2D eigenvalue weighted by Crippen LogP contribution is 2.27. The molecule has 1 aromatic heterocycles. The van der Waals surface area contributed by atoms with Crippen molar-refractivity contribution in [1.29, 1.82) is 0 Å². The largest absolute Gasteiger partial charge is 0.493 e. The number of rotatable bonds is 13. The first-order valence-corrected chi connectivity index (χ1v) is 11.8. The molecular formula is C25H30N4O3S. The van der Waals surface area contributed by atoms with Gasteiger partial charge in [-0.3, -0.25) is 4.79 Å². The topological polar surface area (TPSA) is 78.3 Å². The van der Waals surface area contributed by atoms with Crippen LogP contribution >= 0.6 is 11.8 Å². The van der Waals surface area contributed by atoms with Gasteiger partial charge in [0.2, 0.25) is 5.91 Å². The zero-order valence-electron chi connectivity index (χ0n) is 19.1. The normalized spacial score (nSPS) is 10.6. The molecule has 0 saturated heterocycles. The van der Waals surface area contributed by atoms with Crippen molar-refractivity contribution >= 4 is 17.7 Å². The molecule has 0 aliphatic carbocycles. The van der Waals surface area contributed by atoms with Gasteiger partial charge in [-0.1, -0.05) is 54.2 Å². The third-order valence-corrected chi connectivity index (χ3v) is 6.07. The van der Waals surface area contributed by atoms with E-state index in [2.05, 4.69) is 34.2 Å². The lowest BCUT2D eigenvalue weighted by atomic mass is 10.1. The Labute approximate surface area is 199 Å². The molecule has 33 heavy (non-hydrogen) atoms. The van der Waals surface area contributed by atoms with Crippen LogP contribution in [0.25, 0.3) is 0 Å². The summed E-state index contributed by atoms with van der Waals surface area (Å²) in [7, 11) is 3.22. The highest BCUT2D eigenvalue weighted by atomic mass is 32.2. The van der Waals surface area contributed by atoms with Crippen LogP contribution in [0, 0.1) is 0 Å². The number of allylic oxidation sites excluding steroid dienone is 1. The molecular weight excluding hydrogens is 436 g/mol. The van der Waals surface area contributed by atoms with Crippen molar-refractivity contribution in [3.8, 4) is 11.5 Å². The summed E-state index contributed by atoms with van der Waals surface area (Å²) in [6, 6.07) is 16.1. The van der Waals surface area contributed by atoms with Gasteiger partial charge in [-0.25, -0.2) is 0 Å². The number of hydrogen-bond donors (Lipinski definition) is 1. The summed E-state index contributed by atoms with van der Waals surface area (Å²) >= 11 is 1.39. The summed E-state index contributed by atoms with van der Waals surface area (Å²) in [5, 5.41) is 12.3. The van der Waals surface area contributed by atoms with E-state index in [9.17, 15) is 4.79 Å². The van der Waals surface area contributed by atoms with E-state index in [1.165, 1.54) is 17.3 Å². The number of thioether (sulfide) groups is 1. The fourth-order valence-electron chi connectivity index (χ4n) is 3.39. The van der Waals surface area contributed by atoms with Gasteiger partial charge in [0.1, 0.15) is 5.82 Å². The van der Waals surface area contributed by atoms with Crippen molar-refractivity contribution < 1.29 is 14.3 Å². The summed E-state index contributed by atoms with van der Waals surface area (Å²) < 4.78 is 12.6. The first kappa shape index (κ1) is 24.4. The van der Waals surface area contributed by atoms with E-state index in [4.69, 9.17) is 9.47 Å². The van der Waals surface area contributed by atoms with Crippen molar-refractivity contribution in [3.63, 3.8) is 0 Å². The Bertz CT molecular complexity index is 1050. The molecule has 0 fully saturated rings. The third-order valence-electron chi connectivity index (χ3n) is 5.10. The number of aryl methyl sites for hydroxylation is 2. The highest BCUT2D eigenvalue weighted by molar-refractivity contribution is 7.99. The van der Waals surface area contributed by atoms with Gasteiger partial charge in [0.05, 0.1) is 20.0 Å². The average Bonchev–Trinajstić information content (AvgIpc) is 3.23. The fraction of sp³-hybridized carbons (Fsp3) is 0.320. The monoisotopic (exact) mass is 466 g/mol. The first-order valence-electron chi connectivity index (χ1n) is 10.8. The molecule has 0 unspecified atom stereocenters. The lowest BCUT2D eigenvalue weighted by Gasteiger charge is -2.10. The number of carbonyl (C=O) groups is 1. The van der Waals surface area contributed by atoms with Crippen LogP contribution in [-0.2, 0) is 30.6 Å². The van der Waals surface area contributed by atoms with Gasteiger partial charge in [-0.05, 0) is 36.1 Å². The van der Waals surface area contributed by atoms with E-state index < -0.39 is 0 Å². The molecule has 0 bridgehead atoms. The van der Waals surface area contributed by atoms with Crippen molar-refractivity contribution in [3.05, 3.63) is 78.1 Å². The lowest BCUT2D eigenvalue weighted by molar-refractivity contribution is -0.118. The molecule has 0 radical (unpaired) electrons. The molecule has 0 atom stereocenters. The van der Waals surface area contributed by atoms with Gasteiger partial charge in [0.15, 0.2) is 16.7 Å². The van der Waals surface area contributed by atoms with Gasteiger partial charge < -0.3 is 19.4 Å². The number of ether oxygens (including phenoxy) is 2. The fourth-order valence-corrected chi connectivity index (χ4v) is 4.18. The van der Waals surface area contributed by atoms with Gasteiger partial charge in [0.25, 0.3) is 0 Å². The number of nitrogens with zero attached hydrogens (tertiary/aromatic N) is 3. The summed E-state index contributed by atoms with van der Waals surface area (Å²) in [6.07, 6.45) is 4.19. The van der Waals surface area contributed by atoms with Gasteiger partial charge in [-0.2, -0.15) is 0 Å². The second-order valence-corrected chi connectivity index (χ2v) is 8.30. The Kier molecular flexibility index (Phi) is 9.38. The molecule has 2 aromatic carbocycles. The van der Waals surface area contributed by atoms with E-state index in [0.717, 1.165) is 29.4 Å². The van der Waals surface area contributed by atoms with Crippen molar-refractivity contribution in [2.45, 2.75) is 31.0 Å². The van der Waals surface area contributed by atoms with Crippen molar-refractivity contribution in [1.82, 2.24) is 20.1 Å². The molecule has 3 aromatic rings. The van der Waals surface area contributed by atoms with Crippen LogP contribution in [0.3, 0.4) is 0 Å². The standard InChI is InChI=1S/C25H30N4O3S/c1-4-16-29-23(13-11-19-8-6-5-7-9-19)27-28-25(29)33-18-24(30)26-15-14-20-10-12-21(31-2)22(17-20)32-3/h4-10,12,17H,1,11,13-16,18H2,2-3H3,(H,26,30). The van der Waals surface area contributed by atoms with E-state index >= 15 is 0 Å². The lowest BCUT2D eigenvalue weighted by Crippen LogP contribution is -2.27. The molecule has 1 heterocycles. The number of hydrogen-bond acceptors (Lipinski definition) is 6. The number of methoxy groups -OCH3 is 2. The molecule has 3 rings (SSSR count). The quantitative estimate of drug-likeness (QED) is 0.306. The molecule has 0 spiro atoms. The van der Waals surface area contributed by atoms with E-state index in [1.807, 2.05) is 47.0 Å². The van der Waals surface area contributed by atoms with E-state index in [-0.39, 0.29) is 11.7 Å². The second kappa shape index (κ2) is 12.7. The minimum Gasteiger partial charge on any atom is -0.493 e. The predicted molar refractivity (Wildman–Crippen MR) is 131 cm³/mol. The number of benzene rings is 2. The Morgan fingerprint density at radius 3 is 2.55 bits per heavy atom. The molecule has 7 nitrogen and oxygen atoms in total. The van der Waals surface area contributed by atoms with Gasteiger partial charge in [0, 0.05) is 19.5 Å². The first-order chi connectivity index (χ1) is 16.1. The zero-order valence-corrected chi connectivity index (χ0v) is 19.9.